The first-order chi connectivity index (χ1) is 9.24. The van der Waals surface area contributed by atoms with Crippen molar-refractivity contribution in [3.05, 3.63) is 35.0 Å². The topological polar surface area (TPSA) is 51.3 Å². The van der Waals surface area contributed by atoms with Gasteiger partial charge in [0.05, 0.1) is 6.10 Å². The lowest BCUT2D eigenvalue weighted by Gasteiger charge is -2.29. The molecule has 0 amide bonds. The fourth-order valence-corrected chi connectivity index (χ4v) is 2.81. The van der Waals surface area contributed by atoms with Gasteiger partial charge in [0.15, 0.2) is 0 Å². The smallest absolute Gasteiger partial charge is 0.0937 e. The second kappa shape index (κ2) is 5.51. The summed E-state index contributed by atoms with van der Waals surface area (Å²) in [6.45, 7) is 4.65. The zero-order valence-corrected chi connectivity index (χ0v) is 11.5. The van der Waals surface area contributed by atoms with E-state index in [1.165, 1.54) is 0 Å². The molecule has 5 heteroatoms. The number of rotatable bonds is 3. The number of piperazine rings is 1. The van der Waals surface area contributed by atoms with Crippen LogP contribution in [0.2, 0.25) is 5.02 Å². The lowest BCUT2D eigenvalue weighted by molar-refractivity contribution is 0.106. The second-order valence-electron chi connectivity index (χ2n) is 5.00. The highest BCUT2D eigenvalue weighted by Gasteiger charge is 2.18. The number of H-pyrrole nitrogens is 1. The van der Waals surface area contributed by atoms with Crippen LogP contribution in [0.15, 0.2) is 24.4 Å². The van der Waals surface area contributed by atoms with E-state index in [2.05, 4.69) is 15.2 Å². The van der Waals surface area contributed by atoms with E-state index in [0.717, 1.165) is 42.6 Å². The van der Waals surface area contributed by atoms with E-state index in [9.17, 15) is 5.11 Å². The van der Waals surface area contributed by atoms with E-state index in [1.54, 1.807) is 0 Å². The van der Waals surface area contributed by atoms with Gasteiger partial charge in [0, 0.05) is 60.4 Å². The minimum atomic E-state index is -0.465. The first kappa shape index (κ1) is 12.9. The number of aromatic amines is 1. The normalized spacial score (nSPS) is 18.8. The van der Waals surface area contributed by atoms with Crippen molar-refractivity contribution in [3.63, 3.8) is 0 Å². The number of aromatic nitrogens is 1. The van der Waals surface area contributed by atoms with Crippen molar-refractivity contribution in [2.45, 2.75) is 6.10 Å². The third kappa shape index (κ3) is 2.77. The zero-order chi connectivity index (χ0) is 13.2. The number of nitrogens with zero attached hydrogens (tertiary/aromatic N) is 1. The van der Waals surface area contributed by atoms with Gasteiger partial charge in [0.1, 0.15) is 0 Å². The van der Waals surface area contributed by atoms with Gasteiger partial charge in [0.2, 0.25) is 0 Å². The Morgan fingerprint density at radius 3 is 2.89 bits per heavy atom. The summed E-state index contributed by atoms with van der Waals surface area (Å²) < 4.78 is 0. The van der Waals surface area contributed by atoms with Crippen LogP contribution in [-0.4, -0.2) is 47.7 Å². The van der Waals surface area contributed by atoms with E-state index < -0.39 is 6.10 Å². The maximum atomic E-state index is 10.4. The molecule has 102 valence electrons. The second-order valence-corrected chi connectivity index (χ2v) is 5.44. The SMILES string of the molecule is OC(CN1CCNCC1)c1c[nH]c2cc(Cl)ccc12. The summed E-state index contributed by atoms with van der Waals surface area (Å²) in [5.41, 5.74) is 1.92. The van der Waals surface area contributed by atoms with Gasteiger partial charge in [-0.3, -0.25) is 4.90 Å². The van der Waals surface area contributed by atoms with Crippen molar-refractivity contribution in [1.29, 1.82) is 0 Å². The number of nitrogens with one attached hydrogen (secondary N) is 2. The third-order valence-electron chi connectivity index (χ3n) is 3.68. The van der Waals surface area contributed by atoms with Crippen molar-refractivity contribution in [2.24, 2.45) is 0 Å². The highest BCUT2D eigenvalue weighted by Crippen LogP contribution is 2.27. The first-order valence-electron chi connectivity index (χ1n) is 6.62. The fourth-order valence-electron chi connectivity index (χ4n) is 2.63. The zero-order valence-electron chi connectivity index (χ0n) is 10.7. The van der Waals surface area contributed by atoms with Crippen LogP contribution in [0.1, 0.15) is 11.7 Å². The van der Waals surface area contributed by atoms with Crippen LogP contribution in [0.3, 0.4) is 0 Å². The quantitative estimate of drug-likeness (QED) is 0.802. The lowest BCUT2D eigenvalue weighted by atomic mass is 10.1. The number of fused-ring (bicyclic) bond motifs is 1. The van der Waals surface area contributed by atoms with Gasteiger partial charge >= 0.3 is 0 Å². The van der Waals surface area contributed by atoms with Crippen molar-refractivity contribution in [1.82, 2.24) is 15.2 Å². The van der Waals surface area contributed by atoms with Crippen LogP contribution in [0, 0.1) is 0 Å². The minimum Gasteiger partial charge on any atom is -0.387 e. The van der Waals surface area contributed by atoms with Gasteiger partial charge in [-0.25, -0.2) is 0 Å². The molecule has 1 aliphatic rings. The van der Waals surface area contributed by atoms with Crippen LogP contribution in [-0.2, 0) is 0 Å². The molecular formula is C14H18ClN3O. The summed E-state index contributed by atoms with van der Waals surface area (Å²) >= 11 is 5.97. The van der Waals surface area contributed by atoms with Crippen molar-refractivity contribution >= 4 is 22.5 Å². The van der Waals surface area contributed by atoms with Crippen molar-refractivity contribution in [3.8, 4) is 0 Å². The molecule has 3 N–H and O–H groups in total. The van der Waals surface area contributed by atoms with Crippen LogP contribution >= 0.6 is 11.6 Å². The molecule has 19 heavy (non-hydrogen) atoms. The number of aliphatic hydroxyl groups excluding tert-OH is 1. The van der Waals surface area contributed by atoms with Gasteiger partial charge in [-0.1, -0.05) is 17.7 Å². The maximum Gasteiger partial charge on any atom is 0.0937 e. The molecule has 0 radical (unpaired) electrons. The van der Waals surface area contributed by atoms with Crippen LogP contribution in [0.25, 0.3) is 10.9 Å². The summed E-state index contributed by atoms with van der Waals surface area (Å²) in [4.78, 5) is 5.46. The van der Waals surface area contributed by atoms with Gasteiger partial charge < -0.3 is 15.4 Å². The standard InChI is InChI=1S/C14H18ClN3O/c15-10-1-2-11-12(8-17-13(11)7-10)14(19)9-18-5-3-16-4-6-18/h1-2,7-8,14,16-17,19H,3-6,9H2. The molecule has 3 rings (SSSR count). The summed E-state index contributed by atoms with van der Waals surface area (Å²) in [7, 11) is 0. The molecular weight excluding hydrogens is 262 g/mol. The number of halogens is 1. The van der Waals surface area contributed by atoms with Crippen LogP contribution in [0.5, 0.6) is 0 Å². The molecule has 0 bridgehead atoms. The minimum absolute atomic E-state index is 0.465. The summed E-state index contributed by atoms with van der Waals surface area (Å²) in [6.07, 6.45) is 1.42. The average molecular weight is 280 g/mol. The predicted octanol–water partition coefficient (Wildman–Crippen LogP) is 1.76. The molecule has 0 saturated carbocycles. The Morgan fingerprint density at radius 2 is 2.11 bits per heavy atom. The van der Waals surface area contributed by atoms with Gasteiger partial charge in [0.25, 0.3) is 0 Å². The van der Waals surface area contributed by atoms with E-state index in [-0.39, 0.29) is 0 Å². The largest absolute Gasteiger partial charge is 0.387 e. The van der Waals surface area contributed by atoms with Gasteiger partial charge in [-0.15, -0.1) is 0 Å². The highest BCUT2D eigenvalue weighted by atomic mass is 35.5. The Balaban J connectivity index is 1.79. The Bertz CT molecular complexity index is 563. The monoisotopic (exact) mass is 279 g/mol. The van der Waals surface area contributed by atoms with Gasteiger partial charge in [-0.05, 0) is 12.1 Å². The fraction of sp³-hybridized carbons (Fsp3) is 0.429. The molecule has 1 aliphatic heterocycles. The highest BCUT2D eigenvalue weighted by molar-refractivity contribution is 6.31. The van der Waals surface area contributed by atoms with E-state index >= 15 is 0 Å². The number of benzene rings is 1. The Morgan fingerprint density at radius 1 is 1.32 bits per heavy atom. The molecule has 2 aromatic rings. The first-order valence-corrected chi connectivity index (χ1v) is 6.99. The third-order valence-corrected chi connectivity index (χ3v) is 3.91. The number of aliphatic hydroxyl groups is 1. The molecule has 0 aliphatic carbocycles. The Labute approximate surface area is 117 Å². The number of hydrogen-bond donors (Lipinski definition) is 3. The average Bonchev–Trinajstić information content (AvgIpc) is 2.82. The molecule has 1 aromatic heterocycles. The summed E-state index contributed by atoms with van der Waals surface area (Å²) in [5.74, 6) is 0. The van der Waals surface area contributed by atoms with E-state index in [1.807, 2.05) is 24.4 Å². The summed E-state index contributed by atoms with van der Waals surface area (Å²) in [5, 5.41) is 15.5. The predicted molar refractivity (Wildman–Crippen MR) is 77.6 cm³/mol. The molecule has 1 unspecified atom stereocenters. The Kier molecular flexibility index (Phi) is 3.75. The summed E-state index contributed by atoms with van der Waals surface area (Å²) in [6, 6.07) is 5.71. The number of β-amino-alcohol motifs (C(OH)–C–C–N with tert-alkyl or cyclic N) is 1. The lowest BCUT2D eigenvalue weighted by Crippen LogP contribution is -2.44. The van der Waals surface area contributed by atoms with Crippen LogP contribution in [0.4, 0.5) is 0 Å². The van der Waals surface area contributed by atoms with Crippen molar-refractivity contribution < 1.29 is 5.11 Å². The molecule has 1 atom stereocenters. The van der Waals surface area contributed by atoms with Crippen LogP contribution < -0.4 is 5.32 Å². The number of hydrogen-bond acceptors (Lipinski definition) is 3. The molecule has 0 spiro atoms. The van der Waals surface area contributed by atoms with Crippen molar-refractivity contribution in [2.75, 3.05) is 32.7 Å². The van der Waals surface area contributed by atoms with E-state index in [0.29, 0.717) is 11.6 Å². The maximum absolute atomic E-state index is 10.4. The van der Waals surface area contributed by atoms with E-state index in [4.69, 9.17) is 11.6 Å². The molecule has 1 saturated heterocycles. The molecule has 1 fully saturated rings. The Hall–Kier alpha value is -1.07. The van der Waals surface area contributed by atoms with Gasteiger partial charge in [-0.2, -0.15) is 0 Å². The molecule has 4 nitrogen and oxygen atoms in total. The molecule has 2 heterocycles. The molecule has 1 aromatic carbocycles.